The van der Waals surface area contributed by atoms with Crippen LogP contribution in [0.15, 0.2) is 12.1 Å². The van der Waals surface area contributed by atoms with E-state index in [0.717, 1.165) is 12.8 Å². The molecule has 2 saturated heterocycles. The highest BCUT2D eigenvalue weighted by atomic mass is 19.3. The third-order valence-electron chi connectivity index (χ3n) is 4.42. The molecule has 9 heteroatoms. The molecule has 2 amide bonds. The van der Waals surface area contributed by atoms with Gasteiger partial charge in [-0.05, 0) is 25.7 Å². The summed E-state index contributed by atoms with van der Waals surface area (Å²) >= 11 is 0. The van der Waals surface area contributed by atoms with Crippen LogP contribution < -0.4 is 10.1 Å². The van der Waals surface area contributed by atoms with Crippen LogP contribution in [0.1, 0.15) is 25.7 Å². The number of ether oxygens (including phenoxy) is 1. The van der Waals surface area contributed by atoms with E-state index >= 15 is 0 Å². The number of halogens is 4. The number of anilines is 1. The Hall–Kier alpha value is -2.03. The summed E-state index contributed by atoms with van der Waals surface area (Å²) in [7, 11) is 0. The SMILES string of the molecule is O=C(Nc1cc(F)c(OC(F)F)cc1F)N1[C@H]2CC[C@H]1CC(O)C2. The van der Waals surface area contributed by atoms with Crippen LogP contribution in [0, 0.1) is 11.6 Å². The second-order valence-electron chi connectivity index (χ2n) is 5.99. The van der Waals surface area contributed by atoms with Crippen molar-refractivity contribution in [3.8, 4) is 5.75 Å². The Morgan fingerprint density at radius 3 is 2.42 bits per heavy atom. The molecular formula is C15H16F4N2O3. The standard InChI is InChI=1S/C15H16F4N2O3/c16-10-6-13(24-14(18)19)11(17)5-12(10)20-15(23)21-7-1-2-8(21)4-9(22)3-7/h5-9,14,22H,1-4H2,(H,20,23)/t7-,8-/m0/s1. The van der Waals surface area contributed by atoms with E-state index in [1.165, 1.54) is 4.90 Å². The summed E-state index contributed by atoms with van der Waals surface area (Å²) < 4.78 is 55.7. The first-order valence-corrected chi connectivity index (χ1v) is 7.56. The molecule has 0 aliphatic carbocycles. The highest BCUT2D eigenvalue weighted by molar-refractivity contribution is 5.90. The minimum absolute atomic E-state index is 0.145. The summed E-state index contributed by atoms with van der Waals surface area (Å²) in [4.78, 5) is 13.9. The van der Waals surface area contributed by atoms with E-state index in [-0.39, 0.29) is 12.1 Å². The molecular weight excluding hydrogens is 332 g/mol. The lowest BCUT2D eigenvalue weighted by atomic mass is 10.0. The Morgan fingerprint density at radius 1 is 1.21 bits per heavy atom. The number of piperidine rings is 1. The zero-order valence-electron chi connectivity index (χ0n) is 12.5. The van der Waals surface area contributed by atoms with Crippen LogP contribution in [0.3, 0.4) is 0 Å². The molecule has 5 nitrogen and oxygen atoms in total. The van der Waals surface area contributed by atoms with Crippen LogP contribution >= 0.6 is 0 Å². The van der Waals surface area contributed by atoms with Gasteiger partial charge in [-0.2, -0.15) is 8.78 Å². The predicted octanol–water partition coefficient (Wildman–Crippen LogP) is 3.09. The molecule has 2 bridgehead atoms. The number of carbonyl (C=O) groups is 1. The lowest BCUT2D eigenvalue weighted by Gasteiger charge is -2.37. The molecule has 0 radical (unpaired) electrons. The zero-order chi connectivity index (χ0) is 17.4. The molecule has 2 fully saturated rings. The van der Waals surface area contributed by atoms with E-state index in [0.29, 0.717) is 25.0 Å². The summed E-state index contributed by atoms with van der Waals surface area (Å²) in [6.07, 6.45) is 1.91. The molecule has 2 N–H and O–H groups in total. The monoisotopic (exact) mass is 348 g/mol. The van der Waals surface area contributed by atoms with Gasteiger partial charge in [0.1, 0.15) is 0 Å². The van der Waals surface area contributed by atoms with Gasteiger partial charge in [-0.25, -0.2) is 13.6 Å². The maximum absolute atomic E-state index is 13.9. The number of carbonyl (C=O) groups excluding carboxylic acids is 1. The molecule has 1 aromatic rings. The van der Waals surface area contributed by atoms with Gasteiger partial charge >= 0.3 is 12.6 Å². The quantitative estimate of drug-likeness (QED) is 0.826. The van der Waals surface area contributed by atoms with Crippen molar-refractivity contribution in [3.05, 3.63) is 23.8 Å². The normalized spacial score (nSPS) is 25.9. The van der Waals surface area contributed by atoms with Crippen molar-refractivity contribution in [2.75, 3.05) is 5.32 Å². The lowest BCUT2D eigenvalue weighted by molar-refractivity contribution is -0.0523. The van der Waals surface area contributed by atoms with Crippen LogP contribution in [0.4, 0.5) is 28.0 Å². The average molecular weight is 348 g/mol. The molecule has 2 heterocycles. The fourth-order valence-corrected chi connectivity index (χ4v) is 3.47. The first kappa shape index (κ1) is 16.8. The summed E-state index contributed by atoms with van der Waals surface area (Å²) in [5, 5.41) is 12.0. The van der Waals surface area contributed by atoms with Gasteiger partial charge in [0.05, 0.1) is 11.8 Å². The number of rotatable bonds is 3. The van der Waals surface area contributed by atoms with Crippen LogP contribution in [0.25, 0.3) is 0 Å². The summed E-state index contributed by atoms with van der Waals surface area (Å²) in [6.45, 7) is -3.28. The number of nitrogens with one attached hydrogen (secondary N) is 1. The van der Waals surface area contributed by atoms with E-state index < -0.39 is 41.8 Å². The Kier molecular flexibility index (Phi) is 4.53. The maximum Gasteiger partial charge on any atom is 0.387 e. The molecule has 2 atom stereocenters. The second-order valence-corrected chi connectivity index (χ2v) is 5.99. The van der Waals surface area contributed by atoms with Gasteiger partial charge in [0.15, 0.2) is 17.4 Å². The largest absolute Gasteiger partial charge is 0.432 e. The number of amides is 2. The molecule has 3 rings (SSSR count). The van der Waals surface area contributed by atoms with Crippen molar-refractivity contribution in [2.24, 2.45) is 0 Å². The number of benzene rings is 1. The van der Waals surface area contributed by atoms with Crippen molar-refractivity contribution in [2.45, 2.75) is 50.5 Å². The fraction of sp³-hybridized carbons (Fsp3) is 0.533. The molecule has 24 heavy (non-hydrogen) atoms. The van der Waals surface area contributed by atoms with Crippen molar-refractivity contribution in [1.82, 2.24) is 4.90 Å². The number of urea groups is 1. The van der Waals surface area contributed by atoms with E-state index in [9.17, 15) is 27.5 Å². The molecule has 0 aromatic heterocycles. The van der Waals surface area contributed by atoms with Crippen LogP contribution in [0.2, 0.25) is 0 Å². The third kappa shape index (κ3) is 3.26. The van der Waals surface area contributed by atoms with E-state index in [1.807, 2.05) is 0 Å². The van der Waals surface area contributed by atoms with Crippen molar-refractivity contribution < 1.29 is 32.2 Å². The van der Waals surface area contributed by atoms with Gasteiger partial charge in [0, 0.05) is 24.2 Å². The predicted molar refractivity (Wildman–Crippen MR) is 75.9 cm³/mol. The van der Waals surface area contributed by atoms with Gasteiger partial charge in [-0.3, -0.25) is 0 Å². The van der Waals surface area contributed by atoms with Gasteiger partial charge in [0.2, 0.25) is 0 Å². The molecule has 0 spiro atoms. The number of alkyl halides is 2. The number of hydrogen-bond donors (Lipinski definition) is 2. The number of fused-ring (bicyclic) bond motifs is 2. The third-order valence-corrected chi connectivity index (χ3v) is 4.42. The molecule has 132 valence electrons. The zero-order valence-corrected chi connectivity index (χ0v) is 12.5. The molecule has 2 aliphatic heterocycles. The second kappa shape index (κ2) is 6.46. The van der Waals surface area contributed by atoms with Gasteiger partial charge in [-0.15, -0.1) is 0 Å². The highest BCUT2D eigenvalue weighted by Crippen LogP contribution is 2.36. The average Bonchev–Trinajstić information content (AvgIpc) is 2.76. The first-order chi connectivity index (χ1) is 11.3. The number of hydrogen-bond acceptors (Lipinski definition) is 3. The molecule has 0 saturated carbocycles. The Bertz CT molecular complexity index is 629. The number of aliphatic hydroxyl groups excluding tert-OH is 1. The molecule has 0 unspecified atom stereocenters. The smallest absolute Gasteiger partial charge is 0.387 e. The summed E-state index contributed by atoms with van der Waals surface area (Å²) in [5.41, 5.74) is -0.454. The van der Waals surface area contributed by atoms with Crippen molar-refractivity contribution in [3.63, 3.8) is 0 Å². The topological polar surface area (TPSA) is 61.8 Å². The fourth-order valence-electron chi connectivity index (χ4n) is 3.47. The molecule has 2 aliphatic rings. The number of nitrogens with zero attached hydrogens (tertiary/aromatic N) is 1. The van der Waals surface area contributed by atoms with Crippen LogP contribution in [-0.4, -0.2) is 40.8 Å². The Morgan fingerprint density at radius 2 is 1.83 bits per heavy atom. The van der Waals surface area contributed by atoms with Crippen molar-refractivity contribution in [1.29, 1.82) is 0 Å². The van der Waals surface area contributed by atoms with Gasteiger partial charge < -0.3 is 20.1 Å². The Balaban J connectivity index is 1.74. The van der Waals surface area contributed by atoms with Gasteiger partial charge in [-0.1, -0.05) is 0 Å². The highest BCUT2D eigenvalue weighted by Gasteiger charge is 2.42. The minimum Gasteiger partial charge on any atom is -0.432 e. The Labute approximate surface area is 135 Å². The van der Waals surface area contributed by atoms with E-state index in [1.54, 1.807) is 0 Å². The lowest BCUT2D eigenvalue weighted by Crippen LogP contribution is -2.49. The van der Waals surface area contributed by atoms with E-state index in [4.69, 9.17) is 0 Å². The summed E-state index contributed by atoms with van der Waals surface area (Å²) in [6, 6.07) is 0.175. The van der Waals surface area contributed by atoms with Crippen LogP contribution in [0.5, 0.6) is 5.75 Å². The minimum atomic E-state index is -3.28. The first-order valence-electron chi connectivity index (χ1n) is 7.56. The molecule has 1 aromatic carbocycles. The maximum atomic E-state index is 13.9. The number of aliphatic hydroxyl groups is 1. The van der Waals surface area contributed by atoms with E-state index in [2.05, 4.69) is 10.1 Å². The van der Waals surface area contributed by atoms with Crippen LogP contribution in [-0.2, 0) is 0 Å². The van der Waals surface area contributed by atoms with Crippen molar-refractivity contribution >= 4 is 11.7 Å². The summed E-state index contributed by atoms with van der Waals surface area (Å²) in [5.74, 6) is -3.21. The van der Waals surface area contributed by atoms with Gasteiger partial charge in [0.25, 0.3) is 0 Å².